The number of fused-ring (bicyclic) bond motifs is 1. The van der Waals surface area contributed by atoms with Gasteiger partial charge in [0.15, 0.2) is 5.65 Å². The standard InChI is InChI=1S/C24H18ClFN6/c1-14-12-22(28-15(2)27-14)16-5-8-18(9-6-16)29-24-30-23-20(4-3-11-32(23)31-24)19-10-7-17(26)13-21(19)25/h3-13H,1-2H3,(H,29,31). The summed E-state index contributed by atoms with van der Waals surface area (Å²) in [5.41, 5.74) is 5.73. The fraction of sp³-hybridized carbons (Fsp3) is 0.0833. The second-order valence-electron chi connectivity index (χ2n) is 7.39. The molecule has 2 aromatic carbocycles. The van der Waals surface area contributed by atoms with Crippen LogP contribution in [0.5, 0.6) is 0 Å². The molecule has 158 valence electrons. The molecular formula is C24H18ClFN6. The Morgan fingerprint density at radius 1 is 0.906 bits per heavy atom. The van der Waals surface area contributed by atoms with E-state index in [1.807, 2.05) is 56.3 Å². The Balaban J connectivity index is 1.45. The van der Waals surface area contributed by atoms with Crippen molar-refractivity contribution < 1.29 is 4.39 Å². The average molecular weight is 445 g/mol. The fourth-order valence-corrected chi connectivity index (χ4v) is 3.86. The van der Waals surface area contributed by atoms with Crippen LogP contribution in [0.15, 0.2) is 66.9 Å². The molecule has 5 rings (SSSR count). The summed E-state index contributed by atoms with van der Waals surface area (Å²) in [5.74, 6) is 0.801. The number of aromatic nitrogens is 5. The van der Waals surface area contributed by atoms with Gasteiger partial charge in [0.05, 0.1) is 10.7 Å². The SMILES string of the molecule is Cc1cc(-c2ccc(Nc3nc4c(-c5ccc(F)cc5Cl)cccn4n3)cc2)nc(C)n1. The van der Waals surface area contributed by atoms with Crippen molar-refractivity contribution >= 4 is 28.9 Å². The van der Waals surface area contributed by atoms with Crippen LogP contribution >= 0.6 is 11.6 Å². The third-order valence-corrected chi connectivity index (χ3v) is 5.30. The summed E-state index contributed by atoms with van der Waals surface area (Å²) in [5, 5.41) is 8.05. The molecule has 32 heavy (non-hydrogen) atoms. The zero-order chi connectivity index (χ0) is 22.2. The molecule has 6 nitrogen and oxygen atoms in total. The Kier molecular flexibility index (Phi) is 5.03. The highest BCUT2D eigenvalue weighted by Crippen LogP contribution is 2.31. The van der Waals surface area contributed by atoms with E-state index in [0.717, 1.165) is 34.0 Å². The largest absolute Gasteiger partial charge is 0.323 e. The molecule has 0 aliphatic rings. The monoisotopic (exact) mass is 444 g/mol. The van der Waals surface area contributed by atoms with Crippen LogP contribution in [0.4, 0.5) is 16.0 Å². The molecular weight excluding hydrogens is 427 g/mol. The number of hydrogen-bond acceptors (Lipinski definition) is 5. The average Bonchev–Trinajstić information content (AvgIpc) is 3.16. The van der Waals surface area contributed by atoms with Crippen molar-refractivity contribution in [3.05, 3.63) is 89.2 Å². The Morgan fingerprint density at radius 2 is 1.72 bits per heavy atom. The predicted molar refractivity (Wildman–Crippen MR) is 124 cm³/mol. The van der Waals surface area contributed by atoms with Crippen LogP contribution in [0.1, 0.15) is 11.5 Å². The Labute approximate surface area is 188 Å². The van der Waals surface area contributed by atoms with Crippen molar-refractivity contribution in [3.8, 4) is 22.4 Å². The van der Waals surface area contributed by atoms with Crippen LogP contribution in [-0.4, -0.2) is 24.6 Å². The molecule has 8 heteroatoms. The first kappa shape index (κ1) is 20.1. The van der Waals surface area contributed by atoms with E-state index in [0.29, 0.717) is 22.2 Å². The number of nitrogens with zero attached hydrogens (tertiary/aromatic N) is 5. The number of pyridine rings is 1. The topological polar surface area (TPSA) is 68.0 Å². The van der Waals surface area contributed by atoms with Gasteiger partial charge in [0.2, 0.25) is 5.95 Å². The lowest BCUT2D eigenvalue weighted by Crippen LogP contribution is -1.95. The van der Waals surface area contributed by atoms with E-state index in [1.54, 1.807) is 16.8 Å². The molecule has 0 aliphatic heterocycles. The van der Waals surface area contributed by atoms with E-state index in [1.165, 1.54) is 12.1 Å². The maximum absolute atomic E-state index is 13.5. The van der Waals surface area contributed by atoms with Crippen molar-refractivity contribution in [2.24, 2.45) is 0 Å². The van der Waals surface area contributed by atoms with Crippen LogP contribution in [0.3, 0.4) is 0 Å². The Hall–Kier alpha value is -3.84. The molecule has 5 aromatic rings. The van der Waals surface area contributed by atoms with Crippen LogP contribution in [-0.2, 0) is 0 Å². The minimum absolute atomic E-state index is 0.321. The zero-order valence-electron chi connectivity index (χ0n) is 17.3. The van der Waals surface area contributed by atoms with E-state index < -0.39 is 0 Å². The van der Waals surface area contributed by atoms with Crippen molar-refractivity contribution in [2.75, 3.05) is 5.32 Å². The normalized spacial score (nSPS) is 11.1. The number of nitrogens with one attached hydrogen (secondary N) is 1. The van der Waals surface area contributed by atoms with Crippen LogP contribution in [0.25, 0.3) is 28.0 Å². The van der Waals surface area contributed by atoms with Gasteiger partial charge in [-0.1, -0.05) is 23.7 Å². The zero-order valence-corrected chi connectivity index (χ0v) is 18.1. The molecule has 0 bridgehead atoms. The smallest absolute Gasteiger partial charge is 0.247 e. The lowest BCUT2D eigenvalue weighted by atomic mass is 10.1. The number of benzene rings is 2. The number of aryl methyl sites for hydroxylation is 2. The summed E-state index contributed by atoms with van der Waals surface area (Å²) in [7, 11) is 0. The van der Waals surface area contributed by atoms with Gasteiger partial charge in [0, 0.05) is 34.3 Å². The molecule has 0 fully saturated rings. The molecule has 0 aliphatic carbocycles. The molecule has 0 atom stereocenters. The van der Waals surface area contributed by atoms with E-state index in [9.17, 15) is 4.39 Å². The third-order valence-electron chi connectivity index (χ3n) is 4.99. The van der Waals surface area contributed by atoms with Gasteiger partial charge in [-0.25, -0.2) is 18.9 Å². The number of halogens is 2. The molecule has 0 spiro atoms. The molecule has 3 heterocycles. The van der Waals surface area contributed by atoms with Gasteiger partial charge in [-0.3, -0.25) is 0 Å². The van der Waals surface area contributed by atoms with E-state index in [-0.39, 0.29) is 5.82 Å². The number of anilines is 2. The highest BCUT2D eigenvalue weighted by Gasteiger charge is 2.13. The number of hydrogen-bond donors (Lipinski definition) is 1. The summed E-state index contributed by atoms with van der Waals surface area (Å²) < 4.78 is 15.1. The van der Waals surface area contributed by atoms with E-state index in [2.05, 4.69) is 25.4 Å². The van der Waals surface area contributed by atoms with Gasteiger partial charge >= 0.3 is 0 Å². The summed E-state index contributed by atoms with van der Waals surface area (Å²) >= 11 is 6.26. The Bertz CT molecular complexity index is 1430. The lowest BCUT2D eigenvalue weighted by molar-refractivity contribution is 0.628. The summed E-state index contributed by atoms with van der Waals surface area (Å²) in [6.07, 6.45) is 1.80. The summed E-state index contributed by atoms with van der Waals surface area (Å²) in [6.45, 7) is 3.84. The molecule has 0 saturated carbocycles. The minimum atomic E-state index is -0.384. The summed E-state index contributed by atoms with van der Waals surface area (Å²) in [6, 6.07) is 17.9. The van der Waals surface area contributed by atoms with Crippen LogP contribution < -0.4 is 5.32 Å². The molecule has 1 N–H and O–H groups in total. The van der Waals surface area contributed by atoms with Gasteiger partial charge in [0.25, 0.3) is 0 Å². The second kappa shape index (κ2) is 8.01. The molecule has 0 amide bonds. The minimum Gasteiger partial charge on any atom is -0.323 e. The highest BCUT2D eigenvalue weighted by molar-refractivity contribution is 6.33. The van der Waals surface area contributed by atoms with Crippen LogP contribution in [0.2, 0.25) is 5.02 Å². The molecule has 0 saturated heterocycles. The van der Waals surface area contributed by atoms with Crippen molar-refractivity contribution in [1.29, 1.82) is 0 Å². The first-order chi connectivity index (χ1) is 15.5. The summed E-state index contributed by atoms with van der Waals surface area (Å²) in [4.78, 5) is 13.4. The maximum atomic E-state index is 13.5. The first-order valence-corrected chi connectivity index (χ1v) is 10.3. The van der Waals surface area contributed by atoms with Gasteiger partial charge in [-0.05, 0) is 62.4 Å². The molecule has 3 aromatic heterocycles. The van der Waals surface area contributed by atoms with Crippen molar-refractivity contribution in [2.45, 2.75) is 13.8 Å². The van der Waals surface area contributed by atoms with Gasteiger partial charge in [0.1, 0.15) is 11.6 Å². The Morgan fingerprint density at radius 3 is 2.47 bits per heavy atom. The van der Waals surface area contributed by atoms with Crippen LogP contribution in [0, 0.1) is 19.7 Å². The first-order valence-electron chi connectivity index (χ1n) is 9.97. The third kappa shape index (κ3) is 3.90. The maximum Gasteiger partial charge on any atom is 0.247 e. The van der Waals surface area contributed by atoms with Gasteiger partial charge < -0.3 is 5.32 Å². The van der Waals surface area contributed by atoms with Gasteiger partial charge in [-0.2, -0.15) is 4.98 Å². The van der Waals surface area contributed by atoms with Crippen molar-refractivity contribution in [3.63, 3.8) is 0 Å². The number of rotatable bonds is 4. The predicted octanol–water partition coefficient (Wildman–Crippen LogP) is 6.01. The highest BCUT2D eigenvalue weighted by atomic mass is 35.5. The van der Waals surface area contributed by atoms with E-state index in [4.69, 9.17) is 11.6 Å². The molecule has 0 unspecified atom stereocenters. The lowest BCUT2D eigenvalue weighted by Gasteiger charge is -2.06. The molecule has 0 radical (unpaired) electrons. The second-order valence-corrected chi connectivity index (χ2v) is 7.80. The van der Waals surface area contributed by atoms with Gasteiger partial charge in [-0.15, -0.1) is 5.10 Å². The quantitative estimate of drug-likeness (QED) is 0.368. The fourth-order valence-electron chi connectivity index (χ4n) is 3.60. The van der Waals surface area contributed by atoms with E-state index >= 15 is 0 Å². The van der Waals surface area contributed by atoms with Crippen molar-refractivity contribution in [1.82, 2.24) is 24.6 Å².